The minimum atomic E-state index is -4.15. The standard InChI is InChI=1S/C14H27F3N4/c1-3-18-13(19-7-6-14(15,16)17)20-8-11-21-9-4-12(2)5-10-21/h12H,3-11H2,1-2H3,(H2,18,19,20). The minimum Gasteiger partial charge on any atom is -0.357 e. The zero-order chi connectivity index (χ0) is 15.7. The molecule has 0 spiro atoms. The summed E-state index contributed by atoms with van der Waals surface area (Å²) in [7, 11) is 0. The number of likely N-dealkylation sites (tertiary alicyclic amines) is 1. The molecule has 7 heteroatoms. The number of guanidine groups is 1. The predicted octanol–water partition coefficient (Wildman–Crippen LogP) is 2.23. The van der Waals surface area contributed by atoms with Crippen molar-refractivity contribution in [1.29, 1.82) is 0 Å². The van der Waals surface area contributed by atoms with Crippen LogP contribution in [0, 0.1) is 5.92 Å². The van der Waals surface area contributed by atoms with Crippen LogP contribution in [-0.2, 0) is 0 Å². The van der Waals surface area contributed by atoms with E-state index in [-0.39, 0.29) is 6.54 Å². The lowest BCUT2D eigenvalue weighted by molar-refractivity contribution is -0.132. The SMILES string of the molecule is CCNC(=NCCC(F)(F)F)NCCN1CCC(C)CC1. The highest BCUT2D eigenvalue weighted by Crippen LogP contribution is 2.18. The summed E-state index contributed by atoms with van der Waals surface area (Å²) in [5.41, 5.74) is 0. The summed E-state index contributed by atoms with van der Waals surface area (Å²) in [6.07, 6.45) is -2.58. The van der Waals surface area contributed by atoms with Gasteiger partial charge in [-0.05, 0) is 38.8 Å². The van der Waals surface area contributed by atoms with Crippen LogP contribution in [0.25, 0.3) is 0 Å². The third-order valence-corrected chi connectivity index (χ3v) is 3.61. The third kappa shape index (κ3) is 8.80. The van der Waals surface area contributed by atoms with Gasteiger partial charge in [-0.25, -0.2) is 0 Å². The topological polar surface area (TPSA) is 39.7 Å². The van der Waals surface area contributed by atoms with Crippen LogP contribution in [0.4, 0.5) is 13.2 Å². The molecule has 1 fully saturated rings. The number of piperidine rings is 1. The summed E-state index contributed by atoms with van der Waals surface area (Å²) in [5, 5.41) is 6.06. The van der Waals surface area contributed by atoms with E-state index in [0.29, 0.717) is 19.0 Å². The van der Waals surface area contributed by atoms with Crippen LogP contribution in [0.3, 0.4) is 0 Å². The van der Waals surface area contributed by atoms with Crippen LogP contribution in [0.2, 0.25) is 0 Å². The van der Waals surface area contributed by atoms with Gasteiger partial charge in [-0.3, -0.25) is 4.99 Å². The highest BCUT2D eigenvalue weighted by molar-refractivity contribution is 5.79. The zero-order valence-electron chi connectivity index (χ0n) is 13.0. The summed E-state index contributed by atoms with van der Waals surface area (Å²) in [6.45, 7) is 8.37. The van der Waals surface area contributed by atoms with E-state index in [2.05, 4.69) is 27.4 Å². The van der Waals surface area contributed by atoms with Gasteiger partial charge in [-0.1, -0.05) is 6.92 Å². The Bertz CT molecular complexity index is 310. The molecular formula is C14H27F3N4. The second-order valence-electron chi connectivity index (χ2n) is 5.58. The van der Waals surface area contributed by atoms with Gasteiger partial charge < -0.3 is 15.5 Å². The van der Waals surface area contributed by atoms with Crippen molar-refractivity contribution in [2.24, 2.45) is 10.9 Å². The van der Waals surface area contributed by atoms with Gasteiger partial charge in [-0.15, -0.1) is 0 Å². The lowest BCUT2D eigenvalue weighted by atomic mass is 9.99. The molecule has 0 atom stereocenters. The molecule has 0 aromatic heterocycles. The Balaban J connectivity index is 2.25. The fourth-order valence-corrected chi connectivity index (χ4v) is 2.25. The van der Waals surface area contributed by atoms with E-state index in [1.165, 1.54) is 12.8 Å². The summed E-state index contributed by atoms with van der Waals surface area (Å²) in [6, 6.07) is 0. The maximum Gasteiger partial charge on any atom is 0.390 e. The number of nitrogens with one attached hydrogen (secondary N) is 2. The fourth-order valence-electron chi connectivity index (χ4n) is 2.25. The van der Waals surface area contributed by atoms with Crippen molar-refractivity contribution in [1.82, 2.24) is 15.5 Å². The van der Waals surface area contributed by atoms with E-state index in [0.717, 1.165) is 25.6 Å². The number of hydrogen-bond donors (Lipinski definition) is 2. The Hall–Kier alpha value is -0.980. The van der Waals surface area contributed by atoms with Crippen molar-refractivity contribution in [3.05, 3.63) is 0 Å². The molecule has 21 heavy (non-hydrogen) atoms. The average Bonchev–Trinajstić information content (AvgIpc) is 2.39. The van der Waals surface area contributed by atoms with Crippen LogP contribution in [0.15, 0.2) is 4.99 Å². The van der Waals surface area contributed by atoms with Crippen LogP contribution in [0.1, 0.15) is 33.1 Å². The first-order valence-corrected chi connectivity index (χ1v) is 7.72. The molecule has 0 aromatic rings. The minimum absolute atomic E-state index is 0.236. The quantitative estimate of drug-likeness (QED) is 0.584. The lowest BCUT2D eigenvalue weighted by Crippen LogP contribution is -2.43. The lowest BCUT2D eigenvalue weighted by Gasteiger charge is -2.30. The van der Waals surface area contributed by atoms with E-state index < -0.39 is 12.6 Å². The van der Waals surface area contributed by atoms with Crippen LogP contribution in [0.5, 0.6) is 0 Å². The Morgan fingerprint density at radius 1 is 1.24 bits per heavy atom. The Labute approximate surface area is 125 Å². The van der Waals surface area contributed by atoms with Gasteiger partial charge in [0, 0.05) is 19.6 Å². The molecule has 1 heterocycles. The molecular weight excluding hydrogens is 281 g/mol. The van der Waals surface area contributed by atoms with Gasteiger partial charge in [-0.2, -0.15) is 13.2 Å². The number of nitrogens with zero attached hydrogens (tertiary/aromatic N) is 2. The van der Waals surface area contributed by atoms with E-state index in [9.17, 15) is 13.2 Å². The summed E-state index contributed by atoms with van der Waals surface area (Å²) < 4.78 is 36.3. The maximum atomic E-state index is 12.1. The number of halogens is 3. The highest BCUT2D eigenvalue weighted by atomic mass is 19.4. The molecule has 0 radical (unpaired) electrons. The van der Waals surface area contributed by atoms with Gasteiger partial charge >= 0.3 is 6.18 Å². The molecule has 0 aliphatic carbocycles. The van der Waals surface area contributed by atoms with Crippen molar-refractivity contribution in [2.45, 2.75) is 39.3 Å². The molecule has 1 aliphatic heterocycles. The molecule has 2 N–H and O–H groups in total. The van der Waals surface area contributed by atoms with Crippen molar-refractivity contribution >= 4 is 5.96 Å². The van der Waals surface area contributed by atoms with Crippen molar-refractivity contribution in [3.63, 3.8) is 0 Å². The number of alkyl halides is 3. The fraction of sp³-hybridized carbons (Fsp3) is 0.929. The normalized spacial score (nSPS) is 18.8. The van der Waals surface area contributed by atoms with E-state index in [1.807, 2.05) is 6.92 Å². The van der Waals surface area contributed by atoms with E-state index in [4.69, 9.17) is 0 Å². The number of aliphatic imine (C=N–C) groups is 1. The first-order chi connectivity index (χ1) is 9.90. The summed E-state index contributed by atoms with van der Waals surface area (Å²) in [4.78, 5) is 6.33. The number of rotatable bonds is 6. The Morgan fingerprint density at radius 2 is 1.90 bits per heavy atom. The van der Waals surface area contributed by atoms with E-state index >= 15 is 0 Å². The molecule has 0 aromatic carbocycles. The molecule has 0 bridgehead atoms. The van der Waals surface area contributed by atoms with Crippen LogP contribution < -0.4 is 10.6 Å². The average molecular weight is 308 g/mol. The van der Waals surface area contributed by atoms with Crippen molar-refractivity contribution in [2.75, 3.05) is 39.3 Å². The van der Waals surface area contributed by atoms with Gasteiger partial charge in [0.2, 0.25) is 0 Å². The predicted molar refractivity (Wildman–Crippen MR) is 79.5 cm³/mol. The second kappa shape index (κ2) is 9.12. The molecule has 0 amide bonds. The molecule has 1 rings (SSSR count). The maximum absolute atomic E-state index is 12.1. The van der Waals surface area contributed by atoms with Crippen LogP contribution in [-0.4, -0.2) is 56.3 Å². The summed E-state index contributed by atoms with van der Waals surface area (Å²) in [5.74, 6) is 1.27. The Kier molecular flexibility index (Phi) is 7.85. The van der Waals surface area contributed by atoms with Gasteiger partial charge in [0.05, 0.1) is 13.0 Å². The molecule has 1 saturated heterocycles. The second-order valence-corrected chi connectivity index (χ2v) is 5.58. The van der Waals surface area contributed by atoms with Crippen molar-refractivity contribution in [3.8, 4) is 0 Å². The van der Waals surface area contributed by atoms with Crippen LogP contribution >= 0.6 is 0 Å². The first kappa shape index (κ1) is 18.1. The first-order valence-electron chi connectivity index (χ1n) is 7.72. The highest BCUT2D eigenvalue weighted by Gasteiger charge is 2.26. The molecule has 0 saturated carbocycles. The summed E-state index contributed by atoms with van der Waals surface area (Å²) >= 11 is 0. The monoisotopic (exact) mass is 308 g/mol. The molecule has 124 valence electrons. The Morgan fingerprint density at radius 3 is 2.48 bits per heavy atom. The molecule has 4 nitrogen and oxygen atoms in total. The van der Waals surface area contributed by atoms with Gasteiger partial charge in [0.1, 0.15) is 0 Å². The van der Waals surface area contributed by atoms with Gasteiger partial charge in [0.15, 0.2) is 5.96 Å². The smallest absolute Gasteiger partial charge is 0.357 e. The number of hydrogen-bond acceptors (Lipinski definition) is 2. The third-order valence-electron chi connectivity index (χ3n) is 3.61. The molecule has 0 unspecified atom stereocenters. The van der Waals surface area contributed by atoms with Gasteiger partial charge in [0.25, 0.3) is 0 Å². The van der Waals surface area contributed by atoms with Crippen molar-refractivity contribution < 1.29 is 13.2 Å². The van der Waals surface area contributed by atoms with E-state index in [1.54, 1.807) is 0 Å². The molecule has 1 aliphatic rings. The largest absolute Gasteiger partial charge is 0.390 e. The zero-order valence-corrected chi connectivity index (χ0v) is 13.0.